The molecule has 14 heavy (non-hydrogen) atoms. The van der Waals surface area contributed by atoms with E-state index in [1.165, 1.54) is 4.90 Å². The maximum Gasteiger partial charge on any atom is 0.409 e. The zero-order chi connectivity index (χ0) is 10.6. The van der Waals surface area contributed by atoms with Crippen LogP contribution in [0.2, 0.25) is 0 Å². The highest BCUT2D eigenvalue weighted by Crippen LogP contribution is 1.98. The molecule has 76 valence electrons. The van der Waals surface area contributed by atoms with Crippen LogP contribution in [0, 0.1) is 0 Å². The zero-order valence-electron chi connectivity index (χ0n) is 8.73. The number of aromatic nitrogens is 1. The second-order valence-corrected chi connectivity index (χ2v) is 3.33. The number of carbonyl (C=O) groups is 1. The molecule has 0 unspecified atom stereocenters. The summed E-state index contributed by atoms with van der Waals surface area (Å²) in [4.78, 5) is 12.5. The Morgan fingerprint density at radius 2 is 2.29 bits per heavy atom. The molecule has 0 aromatic carbocycles. The first-order valence-electron chi connectivity index (χ1n) is 4.38. The van der Waals surface area contributed by atoms with E-state index in [9.17, 15) is 4.79 Å². The minimum atomic E-state index is -0.323. The zero-order valence-corrected chi connectivity index (χ0v) is 8.73. The Morgan fingerprint density at radius 3 is 2.86 bits per heavy atom. The fraction of sp³-hybridized carbons (Fsp3) is 0.400. The summed E-state index contributed by atoms with van der Waals surface area (Å²) in [6.07, 6.45) is 3.52. The van der Waals surface area contributed by atoms with Crippen LogP contribution in [0.15, 0.2) is 24.5 Å². The summed E-state index contributed by atoms with van der Waals surface area (Å²) >= 11 is 0. The highest BCUT2D eigenvalue weighted by Gasteiger charge is 2.05. The fourth-order valence-corrected chi connectivity index (χ4v) is 1.01. The largest absolute Gasteiger partial charge is 0.444 e. The monoisotopic (exact) mass is 195 g/mol. The van der Waals surface area contributed by atoms with E-state index in [0.29, 0.717) is 6.61 Å². The number of hydrogen-bond donors (Lipinski definition) is 0. The van der Waals surface area contributed by atoms with Gasteiger partial charge in [0.1, 0.15) is 13.7 Å². The Balaban J connectivity index is 2.50. The first-order valence-corrected chi connectivity index (χ1v) is 4.38. The molecule has 0 aliphatic heterocycles. The van der Waals surface area contributed by atoms with E-state index in [0.717, 1.165) is 5.56 Å². The summed E-state index contributed by atoms with van der Waals surface area (Å²) in [7, 11) is 5.25. The third-order valence-corrected chi connectivity index (χ3v) is 1.73. The number of hydrogen-bond acceptors (Lipinski definition) is 2. The third kappa shape index (κ3) is 3.05. The summed E-state index contributed by atoms with van der Waals surface area (Å²) in [5.41, 5.74) is 0.977. The second-order valence-electron chi connectivity index (χ2n) is 3.33. The Bertz CT molecular complexity index is 324. The van der Waals surface area contributed by atoms with Crippen molar-refractivity contribution in [1.29, 1.82) is 0 Å². The fourth-order valence-electron chi connectivity index (χ4n) is 1.01. The van der Waals surface area contributed by atoms with Crippen LogP contribution in [-0.2, 0) is 18.4 Å². The van der Waals surface area contributed by atoms with Crippen LogP contribution >= 0.6 is 0 Å². The molecule has 1 amide bonds. The van der Waals surface area contributed by atoms with Gasteiger partial charge in [0.2, 0.25) is 0 Å². The minimum absolute atomic E-state index is 0.311. The van der Waals surface area contributed by atoms with Gasteiger partial charge in [0.05, 0.1) is 5.56 Å². The van der Waals surface area contributed by atoms with Crippen LogP contribution in [0.3, 0.4) is 0 Å². The van der Waals surface area contributed by atoms with Crippen LogP contribution in [-0.4, -0.2) is 25.1 Å². The quantitative estimate of drug-likeness (QED) is 0.651. The Hall–Kier alpha value is -1.58. The lowest BCUT2D eigenvalue weighted by molar-refractivity contribution is -0.672. The molecule has 0 saturated heterocycles. The van der Waals surface area contributed by atoms with Gasteiger partial charge < -0.3 is 9.64 Å². The molecule has 0 fully saturated rings. The van der Waals surface area contributed by atoms with Crippen molar-refractivity contribution in [3.05, 3.63) is 30.1 Å². The Kier molecular flexibility index (Phi) is 3.45. The van der Waals surface area contributed by atoms with Crippen LogP contribution in [0.1, 0.15) is 5.56 Å². The lowest BCUT2D eigenvalue weighted by Gasteiger charge is -2.10. The average molecular weight is 195 g/mol. The number of amides is 1. The molecule has 1 rings (SSSR count). The molecule has 4 nitrogen and oxygen atoms in total. The van der Waals surface area contributed by atoms with Crippen molar-refractivity contribution in [1.82, 2.24) is 4.90 Å². The predicted octanol–water partition coefficient (Wildman–Crippen LogP) is 0.709. The maximum atomic E-state index is 11.1. The minimum Gasteiger partial charge on any atom is -0.444 e. The average Bonchev–Trinajstić information content (AvgIpc) is 2.14. The molecule has 0 bridgehead atoms. The molecule has 0 radical (unpaired) electrons. The summed E-state index contributed by atoms with van der Waals surface area (Å²) in [5, 5.41) is 0. The number of rotatable bonds is 2. The predicted molar refractivity (Wildman–Crippen MR) is 51.5 cm³/mol. The molecule has 1 aromatic rings. The second kappa shape index (κ2) is 4.60. The lowest BCUT2D eigenvalue weighted by Crippen LogP contribution is -2.27. The van der Waals surface area contributed by atoms with Crippen molar-refractivity contribution in [2.45, 2.75) is 6.61 Å². The van der Waals surface area contributed by atoms with Gasteiger partial charge >= 0.3 is 6.09 Å². The SMILES string of the molecule is CN(C)C(=O)OCc1ccc[n+](C)c1. The van der Waals surface area contributed by atoms with Gasteiger partial charge in [-0.3, -0.25) is 0 Å². The number of aryl methyl sites for hydroxylation is 1. The number of ether oxygens (including phenoxy) is 1. The van der Waals surface area contributed by atoms with Gasteiger partial charge in [-0.25, -0.2) is 9.36 Å². The Labute approximate surface area is 83.7 Å². The van der Waals surface area contributed by atoms with Gasteiger partial charge in [-0.2, -0.15) is 0 Å². The summed E-state index contributed by atoms with van der Waals surface area (Å²) in [5.74, 6) is 0. The molecule has 4 heteroatoms. The summed E-state index contributed by atoms with van der Waals surface area (Å²) < 4.78 is 6.93. The molecular formula is C10H15N2O2+. The van der Waals surface area contributed by atoms with E-state index in [1.54, 1.807) is 14.1 Å². The molecule has 0 spiro atoms. The molecule has 0 atom stereocenters. The summed E-state index contributed by atoms with van der Waals surface area (Å²) in [6, 6.07) is 3.84. The smallest absolute Gasteiger partial charge is 0.409 e. The van der Waals surface area contributed by atoms with E-state index in [4.69, 9.17) is 4.74 Å². The molecule has 0 aliphatic rings. The molecule has 1 heterocycles. The summed E-state index contributed by atoms with van der Waals surface area (Å²) in [6.45, 7) is 0.311. The van der Waals surface area contributed by atoms with Gasteiger partial charge in [0, 0.05) is 20.2 Å². The van der Waals surface area contributed by atoms with Gasteiger partial charge in [-0.05, 0) is 6.07 Å². The van der Waals surface area contributed by atoms with Gasteiger partial charge in [0.15, 0.2) is 12.4 Å². The van der Waals surface area contributed by atoms with E-state index in [2.05, 4.69) is 0 Å². The van der Waals surface area contributed by atoms with Crippen LogP contribution in [0.5, 0.6) is 0 Å². The van der Waals surface area contributed by atoms with Gasteiger partial charge in [-0.15, -0.1) is 0 Å². The third-order valence-electron chi connectivity index (χ3n) is 1.73. The standard InChI is InChI=1S/C10H15N2O2/c1-11(2)10(13)14-8-9-5-4-6-12(3)7-9/h4-7H,8H2,1-3H3/q+1. The van der Waals surface area contributed by atoms with Gasteiger partial charge in [0.25, 0.3) is 0 Å². The van der Waals surface area contributed by atoms with Crippen molar-refractivity contribution in [2.24, 2.45) is 7.05 Å². The van der Waals surface area contributed by atoms with E-state index < -0.39 is 0 Å². The first kappa shape index (κ1) is 10.5. The van der Waals surface area contributed by atoms with Crippen LogP contribution in [0.25, 0.3) is 0 Å². The van der Waals surface area contributed by atoms with E-state index >= 15 is 0 Å². The number of carbonyl (C=O) groups excluding carboxylic acids is 1. The van der Waals surface area contributed by atoms with E-state index in [1.807, 2.05) is 36.1 Å². The molecule has 0 N–H and O–H groups in total. The number of pyridine rings is 1. The van der Waals surface area contributed by atoms with Crippen molar-refractivity contribution in [3.63, 3.8) is 0 Å². The van der Waals surface area contributed by atoms with Gasteiger partial charge in [-0.1, -0.05) is 0 Å². The molecule has 0 saturated carbocycles. The molecule has 0 aliphatic carbocycles. The maximum absolute atomic E-state index is 11.1. The molecule has 1 aromatic heterocycles. The topological polar surface area (TPSA) is 33.4 Å². The van der Waals surface area contributed by atoms with Crippen molar-refractivity contribution in [2.75, 3.05) is 14.1 Å². The van der Waals surface area contributed by atoms with Crippen LogP contribution in [0.4, 0.5) is 4.79 Å². The van der Waals surface area contributed by atoms with E-state index in [-0.39, 0.29) is 6.09 Å². The molecular weight excluding hydrogens is 180 g/mol. The van der Waals surface area contributed by atoms with Crippen molar-refractivity contribution in [3.8, 4) is 0 Å². The van der Waals surface area contributed by atoms with Crippen molar-refractivity contribution >= 4 is 6.09 Å². The first-order chi connectivity index (χ1) is 6.59. The van der Waals surface area contributed by atoms with Crippen molar-refractivity contribution < 1.29 is 14.1 Å². The lowest BCUT2D eigenvalue weighted by atomic mass is 10.3. The number of nitrogens with zero attached hydrogens (tertiary/aromatic N) is 2. The highest BCUT2D eigenvalue weighted by molar-refractivity contribution is 5.66. The normalized spacial score (nSPS) is 9.64. The highest BCUT2D eigenvalue weighted by atomic mass is 16.6. The van der Waals surface area contributed by atoms with Crippen LogP contribution < -0.4 is 4.57 Å². The Morgan fingerprint density at radius 1 is 1.57 bits per heavy atom.